The van der Waals surface area contributed by atoms with Crippen molar-refractivity contribution in [3.05, 3.63) is 101 Å². The molecule has 144 valence electrons. The van der Waals surface area contributed by atoms with Crippen LogP contribution in [0.1, 0.15) is 24.0 Å². The average molecular weight is 401 g/mol. The second-order valence-electron chi connectivity index (χ2n) is 7.47. The van der Waals surface area contributed by atoms with E-state index in [9.17, 15) is 4.79 Å². The molecule has 29 heavy (non-hydrogen) atoms. The van der Waals surface area contributed by atoms with Crippen molar-refractivity contribution in [2.75, 3.05) is 11.4 Å². The van der Waals surface area contributed by atoms with E-state index in [1.807, 2.05) is 48.5 Å². The minimum Gasteiger partial charge on any atom is -0.370 e. The van der Waals surface area contributed by atoms with Crippen molar-refractivity contribution in [3.63, 3.8) is 0 Å². The molecular weight excluding hydrogens is 380 g/mol. The second kappa shape index (κ2) is 7.41. The third-order valence-corrected chi connectivity index (χ3v) is 5.86. The topological polar surface area (TPSA) is 23.6 Å². The van der Waals surface area contributed by atoms with Gasteiger partial charge in [0, 0.05) is 29.4 Å². The number of hydrogen-bond acceptors (Lipinski definition) is 2. The molecule has 4 heteroatoms. The van der Waals surface area contributed by atoms with E-state index >= 15 is 0 Å². The van der Waals surface area contributed by atoms with Crippen LogP contribution in [0.2, 0.25) is 5.02 Å². The highest BCUT2D eigenvalue weighted by atomic mass is 35.5. The standard InChI is InChI=1S/C25H21ClN2O/c26-19-10-6-11-20(16-19)28-22-13-5-4-12-21(22)24(25(28)29)23-14-7-15-27(23)17-18-8-2-1-3-9-18/h1-6,8-13,16H,7,14-15,17H2/b24-23+. The van der Waals surface area contributed by atoms with Gasteiger partial charge in [-0.25, -0.2) is 0 Å². The van der Waals surface area contributed by atoms with Crippen LogP contribution in [-0.4, -0.2) is 17.4 Å². The van der Waals surface area contributed by atoms with Gasteiger partial charge in [0.1, 0.15) is 0 Å². The lowest BCUT2D eigenvalue weighted by Crippen LogP contribution is -2.24. The summed E-state index contributed by atoms with van der Waals surface area (Å²) in [5.74, 6) is 0.0310. The van der Waals surface area contributed by atoms with E-state index in [0.29, 0.717) is 5.02 Å². The van der Waals surface area contributed by atoms with Crippen molar-refractivity contribution < 1.29 is 4.79 Å². The molecule has 0 unspecified atom stereocenters. The molecule has 3 aromatic carbocycles. The van der Waals surface area contributed by atoms with E-state index in [4.69, 9.17) is 11.6 Å². The Morgan fingerprint density at radius 2 is 1.69 bits per heavy atom. The number of para-hydroxylation sites is 1. The summed E-state index contributed by atoms with van der Waals surface area (Å²) in [6.45, 7) is 1.80. The highest BCUT2D eigenvalue weighted by molar-refractivity contribution is 6.36. The zero-order chi connectivity index (χ0) is 19.8. The molecule has 0 atom stereocenters. The van der Waals surface area contributed by atoms with E-state index in [1.165, 1.54) is 5.56 Å². The number of nitrogens with zero attached hydrogens (tertiary/aromatic N) is 2. The smallest absolute Gasteiger partial charge is 0.265 e. The van der Waals surface area contributed by atoms with Gasteiger partial charge >= 0.3 is 0 Å². The lowest BCUT2D eigenvalue weighted by molar-refractivity contribution is -0.112. The van der Waals surface area contributed by atoms with Crippen LogP contribution in [0.25, 0.3) is 5.57 Å². The molecule has 2 aliphatic rings. The summed E-state index contributed by atoms with van der Waals surface area (Å²) in [4.78, 5) is 17.8. The first-order chi connectivity index (χ1) is 14.2. The number of anilines is 2. The Labute approximate surface area is 175 Å². The molecule has 3 nitrogen and oxygen atoms in total. The van der Waals surface area contributed by atoms with Gasteiger partial charge in [0.05, 0.1) is 16.9 Å². The van der Waals surface area contributed by atoms with E-state index < -0.39 is 0 Å². The van der Waals surface area contributed by atoms with Crippen molar-refractivity contribution >= 4 is 34.5 Å². The first-order valence-corrected chi connectivity index (χ1v) is 10.3. The van der Waals surface area contributed by atoms with Crippen molar-refractivity contribution in [1.82, 2.24) is 4.90 Å². The maximum atomic E-state index is 13.7. The summed E-state index contributed by atoms with van der Waals surface area (Å²) in [5, 5.41) is 0.625. The van der Waals surface area contributed by atoms with Gasteiger partial charge < -0.3 is 4.90 Å². The Bertz CT molecular complexity index is 1110. The van der Waals surface area contributed by atoms with Crippen molar-refractivity contribution in [2.24, 2.45) is 0 Å². The van der Waals surface area contributed by atoms with Crippen LogP contribution >= 0.6 is 11.6 Å². The summed E-state index contributed by atoms with van der Waals surface area (Å²) in [7, 11) is 0. The van der Waals surface area contributed by atoms with E-state index in [0.717, 1.165) is 54.1 Å². The molecule has 0 spiro atoms. The summed E-state index contributed by atoms with van der Waals surface area (Å²) < 4.78 is 0. The number of carbonyl (C=O) groups excluding carboxylic acids is 1. The van der Waals surface area contributed by atoms with E-state index in [-0.39, 0.29) is 5.91 Å². The van der Waals surface area contributed by atoms with Gasteiger partial charge in [-0.2, -0.15) is 0 Å². The van der Waals surface area contributed by atoms with Crippen LogP contribution in [0.4, 0.5) is 11.4 Å². The van der Waals surface area contributed by atoms with Crippen LogP contribution < -0.4 is 4.90 Å². The highest BCUT2D eigenvalue weighted by Gasteiger charge is 2.37. The number of benzene rings is 3. The van der Waals surface area contributed by atoms with Gasteiger partial charge in [-0.05, 0) is 42.7 Å². The Balaban J connectivity index is 1.60. The Morgan fingerprint density at radius 3 is 2.52 bits per heavy atom. The predicted molar refractivity (Wildman–Crippen MR) is 118 cm³/mol. The van der Waals surface area contributed by atoms with E-state index in [2.05, 4.69) is 35.2 Å². The number of hydrogen-bond donors (Lipinski definition) is 0. The third kappa shape index (κ3) is 3.22. The lowest BCUT2D eigenvalue weighted by atomic mass is 10.0. The first-order valence-electron chi connectivity index (χ1n) is 9.94. The molecule has 2 aliphatic heterocycles. The SMILES string of the molecule is O=C1/C(=C2\CCCN2Cc2ccccc2)c2ccccc2N1c1cccc(Cl)c1. The quantitative estimate of drug-likeness (QED) is 0.501. The molecule has 2 heterocycles. The Kier molecular flexibility index (Phi) is 4.61. The fourth-order valence-electron chi connectivity index (χ4n) is 4.36. The normalized spacial score (nSPS) is 18.4. The van der Waals surface area contributed by atoms with Crippen molar-refractivity contribution in [2.45, 2.75) is 19.4 Å². The van der Waals surface area contributed by atoms with Gasteiger partial charge in [-0.3, -0.25) is 9.69 Å². The number of amides is 1. The number of halogens is 1. The number of allylic oxidation sites excluding steroid dienone is 1. The summed E-state index contributed by atoms with van der Waals surface area (Å²) in [6.07, 6.45) is 1.99. The molecule has 0 aliphatic carbocycles. The molecule has 0 radical (unpaired) electrons. The molecule has 0 aromatic heterocycles. The number of carbonyl (C=O) groups is 1. The van der Waals surface area contributed by atoms with Crippen LogP contribution in [0.15, 0.2) is 84.6 Å². The maximum Gasteiger partial charge on any atom is 0.265 e. The molecule has 1 fully saturated rings. The van der Waals surface area contributed by atoms with Crippen LogP contribution in [0.5, 0.6) is 0 Å². The summed E-state index contributed by atoms with van der Waals surface area (Å²) in [6, 6.07) is 26.0. The number of fused-ring (bicyclic) bond motifs is 1. The van der Waals surface area contributed by atoms with Gasteiger partial charge in [0.15, 0.2) is 0 Å². The fourth-order valence-corrected chi connectivity index (χ4v) is 4.54. The Hall–Kier alpha value is -3.04. The van der Waals surface area contributed by atoms with Gasteiger partial charge in [0.2, 0.25) is 0 Å². The lowest BCUT2D eigenvalue weighted by Gasteiger charge is -2.22. The van der Waals surface area contributed by atoms with Crippen LogP contribution in [0, 0.1) is 0 Å². The Morgan fingerprint density at radius 1 is 0.897 bits per heavy atom. The minimum absolute atomic E-state index is 0.0310. The maximum absolute atomic E-state index is 13.7. The molecule has 5 rings (SSSR count). The largest absolute Gasteiger partial charge is 0.370 e. The predicted octanol–water partition coefficient (Wildman–Crippen LogP) is 6.03. The number of likely N-dealkylation sites (tertiary alicyclic amines) is 1. The molecule has 3 aromatic rings. The monoisotopic (exact) mass is 400 g/mol. The molecule has 0 saturated carbocycles. The summed E-state index contributed by atoms with van der Waals surface area (Å²) >= 11 is 6.22. The summed E-state index contributed by atoms with van der Waals surface area (Å²) in [5.41, 5.74) is 5.97. The molecule has 0 N–H and O–H groups in total. The van der Waals surface area contributed by atoms with Crippen molar-refractivity contribution in [3.8, 4) is 0 Å². The van der Waals surface area contributed by atoms with Gasteiger partial charge in [-0.15, -0.1) is 0 Å². The first kappa shape index (κ1) is 18.0. The highest BCUT2D eigenvalue weighted by Crippen LogP contribution is 2.45. The third-order valence-electron chi connectivity index (χ3n) is 5.63. The zero-order valence-electron chi connectivity index (χ0n) is 16.0. The minimum atomic E-state index is 0.0310. The zero-order valence-corrected chi connectivity index (χ0v) is 16.8. The van der Waals surface area contributed by atoms with Gasteiger partial charge in [0.25, 0.3) is 5.91 Å². The molecule has 1 saturated heterocycles. The number of rotatable bonds is 3. The average Bonchev–Trinajstić information content (AvgIpc) is 3.29. The fraction of sp³-hybridized carbons (Fsp3) is 0.160. The molecule has 0 bridgehead atoms. The van der Waals surface area contributed by atoms with Crippen LogP contribution in [-0.2, 0) is 11.3 Å². The van der Waals surface area contributed by atoms with Crippen LogP contribution in [0.3, 0.4) is 0 Å². The van der Waals surface area contributed by atoms with Crippen molar-refractivity contribution in [1.29, 1.82) is 0 Å². The molecule has 1 amide bonds. The molecular formula is C25H21ClN2O. The van der Waals surface area contributed by atoms with Gasteiger partial charge in [-0.1, -0.05) is 66.2 Å². The van der Waals surface area contributed by atoms with E-state index in [1.54, 1.807) is 4.90 Å². The second-order valence-corrected chi connectivity index (χ2v) is 7.91.